The number of anilines is 1. The van der Waals surface area contributed by atoms with Gasteiger partial charge in [0.15, 0.2) is 0 Å². The Hall–Kier alpha value is -1.23. The van der Waals surface area contributed by atoms with Gasteiger partial charge in [0.25, 0.3) is 0 Å². The Balaban J connectivity index is 2.34. The molecule has 3 nitrogen and oxygen atoms in total. The summed E-state index contributed by atoms with van der Waals surface area (Å²) in [7, 11) is 1.40. The van der Waals surface area contributed by atoms with Gasteiger partial charge in [-0.3, -0.25) is 0 Å². The molecule has 5 heteroatoms. The molecule has 0 aromatic heterocycles. The van der Waals surface area contributed by atoms with E-state index in [1.807, 2.05) is 13.0 Å². The van der Waals surface area contributed by atoms with Crippen LogP contribution >= 0.6 is 11.8 Å². The predicted octanol–water partition coefficient (Wildman–Crippen LogP) is 3.62. The van der Waals surface area contributed by atoms with E-state index in [1.165, 1.54) is 19.2 Å². The number of aryl methyl sites for hydroxylation is 1. The van der Waals surface area contributed by atoms with Gasteiger partial charge in [0.1, 0.15) is 11.4 Å². The van der Waals surface area contributed by atoms with Gasteiger partial charge in [0, 0.05) is 11.4 Å². The topological polar surface area (TPSA) is 38.3 Å². The quantitative estimate of drug-likeness (QED) is 0.865. The van der Waals surface area contributed by atoms with Gasteiger partial charge in [0.05, 0.1) is 7.11 Å². The summed E-state index contributed by atoms with van der Waals surface area (Å²) >= 11 is 1.72. The second kappa shape index (κ2) is 5.87. The number of hydrogen-bond donors (Lipinski definition) is 1. The average molecular weight is 311 g/mol. The number of hydrogen-bond acceptors (Lipinski definition) is 4. The fourth-order valence-electron chi connectivity index (χ4n) is 2.96. The fraction of sp³-hybridized carbons (Fsp3) is 0.562. The van der Waals surface area contributed by atoms with Gasteiger partial charge in [-0.05, 0) is 48.3 Å². The normalized spacial score (nSPS) is 24.4. The van der Waals surface area contributed by atoms with E-state index in [-0.39, 0.29) is 17.2 Å². The van der Waals surface area contributed by atoms with Crippen molar-refractivity contribution in [2.24, 2.45) is 5.41 Å². The van der Waals surface area contributed by atoms with Gasteiger partial charge < -0.3 is 10.1 Å². The molecule has 1 atom stereocenters. The molecule has 1 aromatic carbocycles. The maximum atomic E-state index is 13.6. The number of methoxy groups -OCH3 is 1. The van der Waals surface area contributed by atoms with E-state index >= 15 is 0 Å². The Morgan fingerprint density at radius 2 is 2.05 bits per heavy atom. The van der Waals surface area contributed by atoms with E-state index in [1.54, 1.807) is 11.8 Å². The van der Waals surface area contributed by atoms with E-state index in [2.05, 4.69) is 19.2 Å². The highest BCUT2D eigenvalue weighted by molar-refractivity contribution is 7.99. The number of rotatable bonds is 3. The summed E-state index contributed by atoms with van der Waals surface area (Å²) in [5.74, 6) is 1.03. The minimum Gasteiger partial charge on any atom is -0.467 e. The first kappa shape index (κ1) is 16.1. The number of esters is 1. The van der Waals surface area contributed by atoms with Crippen LogP contribution in [0.1, 0.15) is 25.8 Å². The summed E-state index contributed by atoms with van der Waals surface area (Å²) in [6.45, 7) is 6.10. The largest absolute Gasteiger partial charge is 0.467 e. The van der Waals surface area contributed by atoms with Crippen molar-refractivity contribution in [1.29, 1.82) is 0 Å². The Morgan fingerprint density at radius 3 is 2.62 bits per heavy atom. The molecule has 1 fully saturated rings. The van der Waals surface area contributed by atoms with Crippen molar-refractivity contribution >= 4 is 23.4 Å². The van der Waals surface area contributed by atoms with Crippen LogP contribution in [0.3, 0.4) is 0 Å². The Morgan fingerprint density at radius 1 is 1.33 bits per heavy atom. The van der Waals surface area contributed by atoms with E-state index in [0.717, 1.165) is 11.3 Å². The zero-order valence-corrected chi connectivity index (χ0v) is 13.8. The molecule has 0 radical (unpaired) electrons. The molecule has 0 amide bonds. The van der Waals surface area contributed by atoms with Crippen molar-refractivity contribution in [3.8, 4) is 0 Å². The van der Waals surface area contributed by atoms with Crippen LogP contribution < -0.4 is 5.32 Å². The number of nitrogens with one attached hydrogen (secondary N) is 1. The molecule has 1 saturated heterocycles. The second-order valence-electron chi connectivity index (χ2n) is 6.55. The third kappa shape index (κ3) is 3.70. The first-order chi connectivity index (χ1) is 9.76. The monoisotopic (exact) mass is 311 g/mol. The number of halogens is 1. The maximum absolute atomic E-state index is 13.6. The molecule has 0 bridgehead atoms. The lowest BCUT2D eigenvalue weighted by Gasteiger charge is -2.43. The third-order valence-electron chi connectivity index (χ3n) is 3.62. The van der Waals surface area contributed by atoms with Gasteiger partial charge in [0.2, 0.25) is 0 Å². The molecule has 0 aliphatic carbocycles. The van der Waals surface area contributed by atoms with Crippen LogP contribution in [0.2, 0.25) is 0 Å². The highest BCUT2D eigenvalue weighted by Crippen LogP contribution is 2.41. The molecule has 0 saturated carbocycles. The first-order valence-corrected chi connectivity index (χ1v) is 8.13. The van der Waals surface area contributed by atoms with Crippen LogP contribution in [0.25, 0.3) is 0 Å². The lowest BCUT2D eigenvalue weighted by atomic mass is 9.79. The molecule has 21 heavy (non-hydrogen) atoms. The van der Waals surface area contributed by atoms with Crippen LogP contribution in [0.5, 0.6) is 0 Å². The van der Waals surface area contributed by atoms with Crippen LogP contribution in [-0.2, 0) is 9.53 Å². The van der Waals surface area contributed by atoms with Crippen molar-refractivity contribution in [2.45, 2.75) is 32.7 Å². The van der Waals surface area contributed by atoms with Crippen molar-refractivity contribution < 1.29 is 13.9 Å². The molecule has 1 unspecified atom stereocenters. The lowest BCUT2D eigenvalue weighted by molar-refractivity contribution is -0.146. The minimum atomic E-state index is -0.804. The van der Waals surface area contributed by atoms with Crippen molar-refractivity contribution in [2.75, 3.05) is 23.9 Å². The molecule has 116 valence electrons. The van der Waals surface area contributed by atoms with Crippen LogP contribution in [0.15, 0.2) is 18.2 Å². The molecular weight excluding hydrogens is 289 g/mol. The molecule has 0 spiro atoms. The molecule has 1 N–H and O–H groups in total. The number of benzene rings is 1. The summed E-state index contributed by atoms with van der Waals surface area (Å²) < 4.78 is 18.6. The van der Waals surface area contributed by atoms with Crippen LogP contribution in [-0.4, -0.2) is 30.1 Å². The van der Waals surface area contributed by atoms with Gasteiger partial charge >= 0.3 is 5.97 Å². The number of carbonyl (C=O) groups excluding carboxylic acids is 1. The summed E-state index contributed by atoms with van der Waals surface area (Å²) in [6.07, 6.45) is 0.662. The first-order valence-electron chi connectivity index (χ1n) is 6.98. The van der Waals surface area contributed by atoms with E-state index < -0.39 is 5.54 Å². The van der Waals surface area contributed by atoms with Gasteiger partial charge in [-0.15, -0.1) is 0 Å². The maximum Gasteiger partial charge on any atom is 0.332 e. The summed E-state index contributed by atoms with van der Waals surface area (Å²) in [4.78, 5) is 12.4. The molecule has 1 aliphatic heterocycles. The molecular formula is C16H22FNO2S. The Kier molecular flexibility index (Phi) is 4.51. The number of carbonyl (C=O) groups is 1. The van der Waals surface area contributed by atoms with E-state index in [0.29, 0.717) is 17.9 Å². The lowest BCUT2D eigenvalue weighted by Crippen LogP contribution is -2.55. The van der Waals surface area contributed by atoms with E-state index in [4.69, 9.17) is 4.74 Å². The van der Waals surface area contributed by atoms with Crippen molar-refractivity contribution in [3.05, 3.63) is 29.6 Å². The summed E-state index contributed by atoms with van der Waals surface area (Å²) in [6, 6.07) is 4.74. The fourth-order valence-corrected chi connectivity index (χ4v) is 4.36. The zero-order valence-electron chi connectivity index (χ0n) is 13.0. The number of ether oxygens (including phenoxy) is 1. The van der Waals surface area contributed by atoms with Gasteiger partial charge in [-0.1, -0.05) is 13.8 Å². The second-order valence-corrected chi connectivity index (χ2v) is 7.54. The summed E-state index contributed by atoms with van der Waals surface area (Å²) in [5, 5.41) is 3.25. The number of thioether (sulfide) groups is 1. The molecule has 2 rings (SSSR count). The van der Waals surface area contributed by atoms with Crippen molar-refractivity contribution in [1.82, 2.24) is 0 Å². The Labute approximate surface area is 129 Å². The highest BCUT2D eigenvalue weighted by Gasteiger charge is 2.47. The van der Waals surface area contributed by atoms with Gasteiger partial charge in [-0.25, -0.2) is 9.18 Å². The molecule has 1 aliphatic rings. The molecule has 1 aromatic rings. The smallest absolute Gasteiger partial charge is 0.332 e. The Bertz CT molecular complexity index is 527. The van der Waals surface area contributed by atoms with Crippen LogP contribution in [0, 0.1) is 18.2 Å². The zero-order chi connectivity index (χ0) is 15.7. The van der Waals surface area contributed by atoms with Gasteiger partial charge in [-0.2, -0.15) is 11.8 Å². The SMILES string of the molecule is COC(=O)C1(Nc2cc(C)cc(F)c2)CSCC(C)(C)C1. The third-order valence-corrected chi connectivity index (χ3v) is 5.31. The minimum absolute atomic E-state index is 0.0203. The van der Waals surface area contributed by atoms with E-state index in [9.17, 15) is 9.18 Å². The average Bonchev–Trinajstić information content (AvgIpc) is 2.35. The predicted molar refractivity (Wildman–Crippen MR) is 85.2 cm³/mol. The standard InChI is InChI=1S/C16H22FNO2S/c1-11-5-12(17)7-13(6-11)18-16(14(19)20-4)8-15(2,3)9-21-10-16/h5-7,18H,8-10H2,1-4H3. The van der Waals surface area contributed by atoms with Crippen molar-refractivity contribution in [3.63, 3.8) is 0 Å². The highest BCUT2D eigenvalue weighted by atomic mass is 32.2. The molecule has 1 heterocycles. The summed E-state index contributed by atoms with van der Waals surface area (Å²) in [5.41, 5.74) is 0.657. The van der Waals surface area contributed by atoms with Crippen LogP contribution in [0.4, 0.5) is 10.1 Å².